The summed E-state index contributed by atoms with van der Waals surface area (Å²) in [5.74, 6) is -1.86. The summed E-state index contributed by atoms with van der Waals surface area (Å²) >= 11 is 0.995. The van der Waals surface area contributed by atoms with Crippen LogP contribution in [-0.4, -0.2) is 74.4 Å². The summed E-state index contributed by atoms with van der Waals surface area (Å²) < 4.78 is 40.6. The molecule has 0 radical (unpaired) electrons. The van der Waals surface area contributed by atoms with E-state index >= 15 is 0 Å². The molecule has 7 atom stereocenters. The lowest BCUT2D eigenvalue weighted by Gasteiger charge is -2.36. The first-order valence-electron chi connectivity index (χ1n) is 16.4. The first-order chi connectivity index (χ1) is 23.7. The number of nitriles is 1. The van der Waals surface area contributed by atoms with Crippen LogP contribution in [0.2, 0.25) is 0 Å². The summed E-state index contributed by atoms with van der Waals surface area (Å²) in [7, 11) is -5.79. The van der Waals surface area contributed by atoms with Gasteiger partial charge in [-0.3, -0.25) is 23.7 Å². The number of carbonyl (C=O) groups excluding carboxylic acids is 4. The van der Waals surface area contributed by atoms with Crippen LogP contribution in [0.25, 0.3) is 10.1 Å². The number of halogens is 2. The third kappa shape index (κ3) is 4.98. The number of benzene rings is 2. The molecule has 2 aromatic carbocycles. The van der Waals surface area contributed by atoms with Crippen LogP contribution in [0.15, 0.2) is 48.5 Å². The lowest BCUT2D eigenvalue weighted by Crippen LogP contribution is -2.57. The maximum Gasteiger partial charge on any atom is 0.399 e. The molecule has 260 valence electrons. The van der Waals surface area contributed by atoms with Crippen molar-refractivity contribution < 1.29 is 42.3 Å². The van der Waals surface area contributed by atoms with E-state index in [-0.39, 0.29) is 53.0 Å². The van der Waals surface area contributed by atoms with Crippen molar-refractivity contribution in [2.75, 3.05) is 18.4 Å². The second-order valence-corrected chi connectivity index (χ2v) is 16.8. The predicted molar refractivity (Wildman–Crippen MR) is 176 cm³/mol. The molecule has 4 amide bonds. The largest absolute Gasteiger partial charge is 0.399 e. The maximum absolute atomic E-state index is 14.4. The van der Waals surface area contributed by atoms with Crippen LogP contribution in [-0.2, 0) is 30.0 Å². The molecule has 1 aromatic heterocycles. The number of anilines is 1. The Labute approximate surface area is 288 Å². The first-order valence-corrected chi connectivity index (χ1v) is 18.9. The van der Waals surface area contributed by atoms with Crippen molar-refractivity contribution in [3.05, 3.63) is 64.5 Å². The van der Waals surface area contributed by atoms with E-state index in [0.29, 0.717) is 41.1 Å². The lowest BCUT2D eigenvalue weighted by molar-refractivity contribution is -0.147. The van der Waals surface area contributed by atoms with Gasteiger partial charge in [0.15, 0.2) is 0 Å². The highest BCUT2D eigenvalue weighted by atomic mass is 32.1. The van der Waals surface area contributed by atoms with Gasteiger partial charge in [-0.05, 0) is 79.2 Å². The van der Waals surface area contributed by atoms with E-state index in [1.807, 2.05) is 0 Å². The van der Waals surface area contributed by atoms with Gasteiger partial charge in [0, 0.05) is 35.1 Å². The average Bonchev–Trinajstić information content (AvgIpc) is 3.46. The Morgan fingerprint density at radius 1 is 1.08 bits per heavy atom. The zero-order chi connectivity index (χ0) is 35.3. The number of hydrogen-bond donors (Lipinski definition) is 4. The number of hydrogen-bond acceptors (Lipinski definition) is 7. The first kappa shape index (κ1) is 33.0. The monoisotopic (exact) mass is 723 g/mol. The van der Waals surface area contributed by atoms with E-state index in [1.54, 1.807) is 29.2 Å². The zero-order valence-corrected chi connectivity index (χ0v) is 28.1. The van der Waals surface area contributed by atoms with Crippen LogP contribution in [0.1, 0.15) is 52.9 Å². The molecule has 1 saturated carbocycles. The van der Waals surface area contributed by atoms with Crippen molar-refractivity contribution >= 4 is 58.3 Å². The van der Waals surface area contributed by atoms with Gasteiger partial charge in [-0.15, -0.1) is 11.3 Å². The average molecular weight is 724 g/mol. The Balaban J connectivity index is 1.04. The molecule has 16 heteroatoms. The molecule has 4 fully saturated rings. The van der Waals surface area contributed by atoms with Crippen LogP contribution < -0.4 is 10.6 Å². The summed E-state index contributed by atoms with van der Waals surface area (Å²) in [5, 5.41) is 16.0. The molecule has 1 spiro atoms. The molecule has 50 heavy (non-hydrogen) atoms. The summed E-state index contributed by atoms with van der Waals surface area (Å²) in [4.78, 5) is 77.1. The van der Waals surface area contributed by atoms with E-state index in [0.717, 1.165) is 36.3 Å². The van der Waals surface area contributed by atoms with Gasteiger partial charge in [-0.2, -0.15) is 14.0 Å². The van der Waals surface area contributed by atoms with Crippen LogP contribution >= 0.6 is 18.9 Å². The number of fused-ring (bicyclic) bond motifs is 5. The van der Waals surface area contributed by atoms with Crippen molar-refractivity contribution in [1.82, 2.24) is 15.1 Å². The Hall–Kier alpha value is -4.22. The highest BCUT2D eigenvalue weighted by molar-refractivity contribution is 7.52. The number of nitrogens with zero attached hydrogens (tertiary/aromatic N) is 3. The number of para-hydroxylation sites is 1. The molecule has 4 N–H and O–H groups in total. The Bertz CT molecular complexity index is 2080. The third-order valence-corrected chi connectivity index (χ3v) is 13.4. The second kappa shape index (κ2) is 11.4. The standard InChI is InChI=1S/C34H32F2N5O7PS/c35-34(36,49(46,47)48)20-5-8-27-19(10-20)13-28(50-27)29(42)38-25-12-18-9-17(18)11-22-6-7-26(41(22)30(25)43)31(44)40-15-21(14-37)33(16-40)23-3-1-2-4-24(23)39-32(33)45/h1-5,8,10,13,17-18,21-22,25-26H,6-7,9,11-12,15-16H2,(H,38,42)(H,39,45)(H2,46,47,48)/t17-,18+,21-,22-,25+,26+,33+/m1/s1. The fraction of sp³-hybridized carbons (Fsp3) is 0.441. The summed E-state index contributed by atoms with van der Waals surface area (Å²) in [6.07, 6.45) is 3.04. The van der Waals surface area contributed by atoms with Gasteiger partial charge >= 0.3 is 13.3 Å². The van der Waals surface area contributed by atoms with Gasteiger partial charge in [-0.25, -0.2) is 0 Å². The van der Waals surface area contributed by atoms with Crippen molar-refractivity contribution in [2.45, 2.75) is 61.3 Å². The third-order valence-electron chi connectivity index (χ3n) is 11.2. The molecule has 3 aromatic rings. The maximum atomic E-state index is 14.4. The highest BCUT2D eigenvalue weighted by Gasteiger charge is 2.60. The molecule has 3 saturated heterocycles. The predicted octanol–water partition coefficient (Wildman–Crippen LogP) is 3.89. The van der Waals surface area contributed by atoms with E-state index in [1.165, 1.54) is 17.0 Å². The SMILES string of the molecule is N#C[C@@H]1CN(C(=O)[C@@H]2CC[C@@H]3C[C@H]4C[C@H]4C[C@H](NC(=O)c4cc5cc(C(F)(F)P(=O)(O)O)ccc5s4)C(=O)N32)C[C@]12C(=O)Nc1ccccc12. The molecule has 5 heterocycles. The molecular formula is C34H32F2N5O7PS. The Kier molecular flexibility index (Phi) is 7.51. The molecule has 12 nitrogen and oxygen atoms in total. The van der Waals surface area contributed by atoms with Gasteiger partial charge in [0.05, 0.1) is 16.9 Å². The van der Waals surface area contributed by atoms with E-state index in [2.05, 4.69) is 16.7 Å². The highest BCUT2D eigenvalue weighted by Crippen LogP contribution is 2.59. The summed E-state index contributed by atoms with van der Waals surface area (Å²) in [6.45, 7) is 0.0492. The van der Waals surface area contributed by atoms with Gasteiger partial charge in [0.25, 0.3) is 5.91 Å². The van der Waals surface area contributed by atoms with Crippen molar-refractivity contribution in [1.29, 1.82) is 5.26 Å². The number of likely N-dealkylation sites (tertiary alicyclic amines) is 1. The number of nitrogens with one attached hydrogen (secondary N) is 2. The molecule has 1 aliphatic carbocycles. The van der Waals surface area contributed by atoms with Gasteiger partial charge in [-0.1, -0.05) is 24.3 Å². The minimum atomic E-state index is -5.79. The van der Waals surface area contributed by atoms with Crippen LogP contribution in [0.4, 0.5) is 14.5 Å². The topological polar surface area (TPSA) is 180 Å². The van der Waals surface area contributed by atoms with Gasteiger partial charge in [0.1, 0.15) is 17.5 Å². The van der Waals surface area contributed by atoms with Crippen LogP contribution in [0.3, 0.4) is 0 Å². The molecule has 0 bridgehead atoms. The minimum absolute atomic E-state index is 0.00864. The molecule has 4 aliphatic heterocycles. The van der Waals surface area contributed by atoms with Crippen LogP contribution in [0, 0.1) is 29.1 Å². The van der Waals surface area contributed by atoms with E-state index in [4.69, 9.17) is 9.79 Å². The quantitative estimate of drug-likeness (QED) is 0.286. The van der Waals surface area contributed by atoms with E-state index < -0.39 is 48.1 Å². The molecular weight excluding hydrogens is 691 g/mol. The fourth-order valence-corrected chi connectivity index (χ4v) is 10.0. The van der Waals surface area contributed by atoms with Gasteiger partial charge < -0.3 is 30.2 Å². The van der Waals surface area contributed by atoms with Crippen LogP contribution in [0.5, 0.6) is 0 Å². The fourth-order valence-electron chi connectivity index (χ4n) is 8.59. The second-order valence-electron chi connectivity index (χ2n) is 14.1. The molecule has 5 aliphatic rings. The summed E-state index contributed by atoms with van der Waals surface area (Å²) in [5.41, 5.74) is -5.21. The number of alkyl halides is 2. The smallest absolute Gasteiger partial charge is 0.340 e. The summed E-state index contributed by atoms with van der Waals surface area (Å²) in [6, 6.07) is 11.9. The molecule has 8 rings (SSSR count). The van der Waals surface area contributed by atoms with E-state index in [9.17, 15) is 37.8 Å². The van der Waals surface area contributed by atoms with Crippen molar-refractivity contribution in [2.24, 2.45) is 17.8 Å². The Morgan fingerprint density at radius 2 is 1.84 bits per heavy atom. The number of amides is 4. The Morgan fingerprint density at radius 3 is 2.60 bits per heavy atom. The lowest BCUT2D eigenvalue weighted by atomic mass is 9.74. The zero-order valence-electron chi connectivity index (χ0n) is 26.4. The minimum Gasteiger partial charge on any atom is -0.340 e. The normalized spacial score (nSPS) is 30.3. The molecule has 0 unspecified atom stereocenters. The number of thiophene rings is 1. The van der Waals surface area contributed by atoms with Gasteiger partial charge in [0.2, 0.25) is 17.7 Å². The number of carbonyl (C=O) groups is 4. The number of rotatable bonds is 5. The van der Waals surface area contributed by atoms with Crippen molar-refractivity contribution in [3.8, 4) is 6.07 Å². The van der Waals surface area contributed by atoms with Crippen molar-refractivity contribution in [3.63, 3.8) is 0 Å².